The van der Waals surface area contributed by atoms with E-state index >= 15 is 0 Å². The summed E-state index contributed by atoms with van der Waals surface area (Å²) < 4.78 is 0. The van der Waals surface area contributed by atoms with E-state index in [9.17, 15) is 0 Å². The average molecular weight is 226 g/mol. The molecule has 98 valence electrons. The van der Waals surface area contributed by atoms with Gasteiger partial charge in [0.15, 0.2) is 0 Å². The molecule has 2 atom stereocenters. The molecule has 0 fully saturated rings. The Hall–Kier alpha value is 0. The van der Waals surface area contributed by atoms with Crippen LogP contribution in [0, 0.1) is 22.7 Å². The molecule has 0 aromatic rings. The van der Waals surface area contributed by atoms with Gasteiger partial charge < -0.3 is 0 Å². The fourth-order valence-electron chi connectivity index (χ4n) is 3.20. The maximum Gasteiger partial charge on any atom is -0.0321 e. The predicted octanol–water partition coefficient (Wildman–Crippen LogP) is 5.91. The third-order valence-corrected chi connectivity index (χ3v) is 3.97. The Kier molecular flexibility index (Phi) is 6.07. The van der Waals surface area contributed by atoms with E-state index in [1.807, 2.05) is 0 Å². The van der Waals surface area contributed by atoms with Gasteiger partial charge in [0.05, 0.1) is 0 Å². The zero-order chi connectivity index (χ0) is 13.0. The number of hydrogen-bond donors (Lipinski definition) is 0. The normalized spacial score (nSPS) is 17.2. The van der Waals surface area contributed by atoms with E-state index in [-0.39, 0.29) is 0 Å². The summed E-state index contributed by atoms with van der Waals surface area (Å²) in [5.41, 5.74) is 0.933. The minimum atomic E-state index is 0.451. The van der Waals surface area contributed by atoms with Gasteiger partial charge in [0.1, 0.15) is 0 Å². The van der Waals surface area contributed by atoms with Gasteiger partial charge in [-0.25, -0.2) is 0 Å². The third-order valence-electron chi connectivity index (χ3n) is 3.97. The van der Waals surface area contributed by atoms with Gasteiger partial charge in [-0.1, -0.05) is 68.2 Å². The lowest BCUT2D eigenvalue weighted by Crippen LogP contribution is -2.30. The molecule has 2 unspecified atom stereocenters. The van der Waals surface area contributed by atoms with E-state index in [1.165, 1.54) is 25.7 Å². The molecule has 0 aliphatic carbocycles. The summed E-state index contributed by atoms with van der Waals surface area (Å²) in [4.78, 5) is 0. The summed E-state index contributed by atoms with van der Waals surface area (Å²) in [5, 5.41) is 0. The molecule has 0 aliphatic rings. The largest absolute Gasteiger partial charge is 0.0651 e. The van der Waals surface area contributed by atoms with Crippen LogP contribution in [0.2, 0.25) is 0 Å². The highest BCUT2D eigenvalue weighted by atomic mass is 14.4. The first-order valence-corrected chi connectivity index (χ1v) is 7.12. The molecule has 0 rings (SSSR count). The van der Waals surface area contributed by atoms with E-state index in [1.54, 1.807) is 0 Å². The summed E-state index contributed by atoms with van der Waals surface area (Å²) in [6.45, 7) is 19.1. The molecule has 0 radical (unpaired) electrons. The van der Waals surface area contributed by atoms with Crippen LogP contribution in [0.25, 0.3) is 0 Å². The van der Waals surface area contributed by atoms with Crippen molar-refractivity contribution in [3.05, 3.63) is 0 Å². The quantitative estimate of drug-likeness (QED) is 0.528. The fourth-order valence-corrected chi connectivity index (χ4v) is 3.20. The molecule has 0 aliphatic heterocycles. The van der Waals surface area contributed by atoms with Crippen LogP contribution in [0.4, 0.5) is 0 Å². The van der Waals surface area contributed by atoms with Crippen molar-refractivity contribution in [1.82, 2.24) is 0 Å². The Morgan fingerprint density at radius 1 is 0.875 bits per heavy atom. The highest BCUT2D eigenvalue weighted by molar-refractivity contribution is 4.83. The van der Waals surface area contributed by atoms with Gasteiger partial charge in [-0.3, -0.25) is 0 Å². The molecule has 0 spiro atoms. The summed E-state index contributed by atoms with van der Waals surface area (Å²) in [7, 11) is 0. The molecule has 16 heavy (non-hydrogen) atoms. The third kappa shape index (κ3) is 5.92. The summed E-state index contributed by atoms with van der Waals surface area (Å²) in [6.07, 6.45) is 5.38. The molecular formula is C16H34. The first kappa shape index (κ1) is 16.0. The molecule has 0 saturated heterocycles. The van der Waals surface area contributed by atoms with Gasteiger partial charge in [0, 0.05) is 0 Å². The first-order chi connectivity index (χ1) is 7.12. The van der Waals surface area contributed by atoms with Crippen molar-refractivity contribution >= 4 is 0 Å². The summed E-state index contributed by atoms with van der Waals surface area (Å²) >= 11 is 0. The zero-order valence-electron chi connectivity index (χ0n) is 13.0. The standard InChI is InChI=1S/C16H34/c1-9-13(3)11-14(10-2)16(7,8)12-15(4,5)6/h13-14H,9-12H2,1-8H3. The van der Waals surface area contributed by atoms with Gasteiger partial charge in [-0.2, -0.15) is 0 Å². The highest BCUT2D eigenvalue weighted by Gasteiger charge is 2.32. The van der Waals surface area contributed by atoms with E-state index in [4.69, 9.17) is 0 Å². The van der Waals surface area contributed by atoms with Gasteiger partial charge in [-0.15, -0.1) is 0 Å². The van der Waals surface area contributed by atoms with Crippen molar-refractivity contribution in [2.45, 2.75) is 81.1 Å². The molecular weight excluding hydrogens is 192 g/mol. The molecule has 0 heteroatoms. The van der Waals surface area contributed by atoms with Crippen molar-refractivity contribution in [3.8, 4) is 0 Å². The highest BCUT2D eigenvalue weighted by Crippen LogP contribution is 2.43. The lowest BCUT2D eigenvalue weighted by atomic mass is 9.66. The van der Waals surface area contributed by atoms with Crippen LogP contribution in [-0.4, -0.2) is 0 Å². The van der Waals surface area contributed by atoms with E-state index < -0.39 is 0 Å². The predicted molar refractivity (Wildman–Crippen MR) is 75.7 cm³/mol. The Bertz CT molecular complexity index is 183. The van der Waals surface area contributed by atoms with Crippen molar-refractivity contribution in [2.75, 3.05) is 0 Å². The molecule has 0 bridgehead atoms. The molecule has 0 amide bonds. The Labute approximate surface area is 104 Å². The number of hydrogen-bond acceptors (Lipinski definition) is 0. The average Bonchev–Trinajstić information content (AvgIpc) is 2.09. The second-order valence-corrected chi connectivity index (χ2v) is 7.58. The first-order valence-electron chi connectivity index (χ1n) is 7.12. The zero-order valence-corrected chi connectivity index (χ0v) is 13.0. The van der Waals surface area contributed by atoms with Gasteiger partial charge in [-0.05, 0) is 35.5 Å². The smallest absolute Gasteiger partial charge is 0.0321 e. The maximum atomic E-state index is 2.47. The molecule has 0 aromatic carbocycles. The topological polar surface area (TPSA) is 0 Å². The SMILES string of the molecule is CCC(C)CC(CC)C(C)(C)CC(C)(C)C. The number of rotatable bonds is 6. The van der Waals surface area contributed by atoms with Crippen LogP contribution < -0.4 is 0 Å². The van der Waals surface area contributed by atoms with Crippen LogP contribution in [0.5, 0.6) is 0 Å². The molecule has 0 saturated carbocycles. The molecule has 0 aromatic heterocycles. The lowest BCUT2D eigenvalue weighted by molar-refractivity contribution is 0.107. The monoisotopic (exact) mass is 226 g/mol. The van der Waals surface area contributed by atoms with Crippen LogP contribution >= 0.6 is 0 Å². The van der Waals surface area contributed by atoms with Crippen molar-refractivity contribution < 1.29 is 0 Å². The van der Waals surface area contributed by atoms with E-state index in [0.717, 1.165) is 11.8 Å². The molecule has 0 heterocycles. The van der Waals surface area contributed by atoms with E-state index in [0.29, 0.717) is 10.8 Å². The van der Waals surface area contributed by atoms with E-state index in [2.05, 4.69) is 55.4 Å². The van der Waals surface area contributed by atoms with Crippen LogP contribution in [0.1, 0.15) is 81.1 Å². The van der Waals surface area contributed by atoms with Crippen LogP contribution in [0.15, 0.2) is 0 Å². The fraction of sp³-hybridized carbons (Fsp3) is 1.00. The second kappa shape index (κ2) is 6.07. The van der Waals surface area contributed by atoms with Crippen LogP contribution in [0.3, 0.4) is 0 Å². The van der Waals surface area contributed by atoms with Gasteiger partial charge in [0.25, 0.3) is 0 Å². The Morgan fingerprint density at radius 2 is 1.38 bits per heavy atom. The Balaban J connectivity index is 4.54. The molecule has 0 N–H and O–H groups in total. The second-order valence-electron chi connectivity index (χ2n) is 7.58. The minimum absolute atomic E-state index is 0.451. The lowest BCUT2D eigenvalue weighted by Gasteiger charge is -2.40. The van der Waals surface area contributed by atoms with Gasteiger partial charge in [0.2, 0.25) is 0 Å². The van der Waals surface area contributed by atoms with Crippen molar-refractivity contribution in [3.63, 3.8) is 0 Å². The van der Waals surface area contributed by atoms with Gasteiger partial charge >= 0.3 is 0 Å². The maximum absolute atomic E-state index is 2.47. The van der Waals surface area contributed by atoms with Crippen LogP contribution in [-0.2, 0) is 0 Å². The van der Waals surface area contributed by atoms with Crippen molar-refractivity contribution in [1.29, 1.82) is 0 Å². The summed E-state index contributed by atoms with van der Waals surface area (Å²) in [6, 6.07) is 0. The minimum Gasteiger partial charge on any atom is -0.0651 e. The summed E-state index contributed by atoms with van der Waals surface area (Å²) in [5.74, 6) is 1.76. The van der Waals surface area contributed by atoms with Crippen molar-refractivity contribution in [2.24, 2.45) is 22.7 Å². The Morgan fingerprint density at radius 3 is 1.69 bits per heavy atom. The molecule has 0 nitrogen and oxygen atoms in total.